The van der Waals surface area contributed by atoms with Crippen molar-refractivity contribution in [3.05, 3.63) is 53.6 Å². The maximum atomic E-state index is 10.6. The van der Waals surface area contributed by atoms with Gasteiger partial charge in [-0.1, -0.05) is 41.6 Å². The first-order valence-electron chi connectivity index (χ1n) is 9.35. The van der Waals surface area contributed by atoms with Gasteiger partial charge in [0.2, 0.25) is 0 Å². The molecule has 2 aliphatic rings. The van der Waals surface area contributed by atoms with E-state index >= 15 is 0 Å². The minimum Gasteiger partial charge on any atom is -0.399 e. The monoisotopic (exact) mass is 350 g/mol. The third-order valence-electron chi connectivity index (χ3n) is 5.90. The smallest absolute Gasteiger partial charge is 0.106 e. The molecule has 2 heterocycles. The first kappa shape index (κ1) is 17.3. The van der Waals surface area contributed by atoms with Crippen LogP contribution >= 0.6 is 0 Å². The van der Waals surface area contributed by atoms with Crippen LogP contribution in [-0.2, 0) is 4.84 Å². The van der Waals surface area contributed by atoms with Crippen LogP contribution in [0.4, 0.5) is 0 Å². The summed E-state index contributed by atoms with van der Waals surface area (Å²) in [6.45, 7) is 0. The molecule has 26 heavy (non-hydrogen) atoms. The molecule has 3 unspecified atom stereocenters. The Kier molecular flexibility index (Phi) is 4.79. The number of nitrogens with zero attached hydrogens (tertiary/aromatic N) is 2. The van der Waals surface area contributed by atoms with E-state index in [9.17, 15) is 5.11 Å². The second kappa shape index (κ2) is 7.22. The molecule has 2 aromatic rings. The van der Waals surface area contributed by atoms with E-state index in [2.05, 4.69) is 59.6 Å². The van der Waals surface area contributed by atoms with E-state index in [0.29, 0.717) is 6.04 Å². The van der Waals surface area contributed by atoms with Crippen molar-refractivity contribution in [1.82, 2.24) is 4.90 Å². The molecule has 0 aromatic heterocycles. The van der Waals surface area contributed by atoms with Crippen LogP contribution < -0.4 is 0 Å². The van der Waals surface area contributed by atoms with Crippen LogP contribution in [0.1, 0.15) is 31.2 Å². The molecule has 0 aliphatic carbocycles. The molecule has 0 saturated carbocycles. The van der Waals surface area contributed by atoms with E-state index in [1.807, 2.05) is 6.21 Å². The number of fused-ring (bicyclic) bond motifs is 3. The molecule has 2 aromatic carbocycles. The predicted octanol–water partition coefficient (Wildman–Crippen LogP) is 3.84. The van der Waals surface area contributed by atoms with Gasteiger partial charge in [-0.2, -0.15) is 0 Å². The molecular formula is C22H26N2O2. The summed E-state index contributed by atoms with van der Waals surface area (Å²) in [4.78, 5) is 7.15. The van der Waals surface area contributed by atoms with E-state index in [1.54, 1.807) is 7.11 Å². The fraction of sp³-hybridized carbons (Fsp3) is 0.409. The topological polar surface area (TPSA) is 45.1 Å². The molecule has 2 bridgehead atoms. The molecule has 1 fully saturated rings. The summed E-state index contributed by atoms with van der Waals surface area (Å²) in [5.41, 5.74) is 4.05. The molecule has 2 aliphatic heterocycles. The highest BCUT2D eigenvalue weighted by molar-refractivity contribution is 5.87. The van der Waals surface area contributed by atoms with Gasteiger partial charge in [0.1, 0.15) is 7.11 Å². The molecule has 0 amide bonds. The summed E-state index contributed by atoms with van der Waals surface area (Å²) in [7, 11) is 3.71. The van der Waals surface area contributed by atoms with Crippen LogP contribution in [-0.4, -0.2) is 48.6 Å². The Morgan fingerprint density at radius 1 is 1.23 bits per heavy atom. The number of aliphatic hydroxyl groups excluding tert-OH is 1. The van der Waals surface area contributed by atoms with Crippen molar-refractivity contribution in [3.63, 3.8) is 0 Å². The Labute approximate surface area is 154 Å². The number of benzene rings is 2. The molecule has 0 spiro atoms. The Bertz CT molecular complexity index is 858. The first-order valence-corrected chi connectivity index (χ1v) is 9.35. The lowest BCUT2D eigenvalue weighted by Crippen LogP contribution is -2.40. The van der Waals surface area contributed by atoms with Crippen LogP contribution in [0.5, 0.6) is 0 Å². The van der Waals surface area contributed by atoms with Crippen LogP contribution in [0.2, 0.25) is 0 Å². The van der Waals surface area contributed by atoms with Gasteiger partial charge in [-0.3, -0.25) is 4.90 Å². The number of hydrogen-bond acceptors (Lipinski definition) is 4. The van der Waals surface area contributed by atoms with Crippen LogP contribution in [0.25, 0.3) is 16.3 Å². The van der Waals surface area contributed by atoms with E-state index < -0.39 is 0 Å². The maximum absolute atomic E-state index is 10.6. The van der Waals surface area contributed by atoms with Crippen LogP contribution in [0.15, 0.2) is 53.2 Å². The molecule has 1 N–H and O–H groups in total. The molecule has 1 saturated heterocycles. The van der Waals surface area contributed by atoms with Crippen molar-refractivity contribution in [1.29, 1.82) is 0 Å². The lowest BCUT2D eigenvalue weighted by molar-refractivity contribution is 0.139. The van der Waals surface area contributed by atoms with Crippen molar-refractivity contribution < 1.29 is 9.94 Å². The molecule has 0 radical (unpaired) electrons. The maximum Gasteiger partial charge on any atom is 0.106 e. The minimum absolute atomic E-state index is 0.117. The van der Waals surface area contributed by atoms with Gasteiger partial charge in [0.05, 0.1) is 12.1 Å². The highest BCUT2D eigenvalue weighted by atomic mass is 16.6. The van der Waals surface area contributed by atoms with Crippen molar-refractivity contribution >= 4 is 22.6 Å². The Hall–Kier alpha value is -2.17. The summed E-state index contributed by atoms with van der Waals surface area (Å²) in [5, 5.41) is 17.0. The summed E-state index contributed by atoms with van der Waals surface area (Å²) in [6.07, 6.45) is 5.11. The summed E-state index contributed by atoms with van der Waals surface area (Å²) < 4.78 is 0. The normalized spacial score (nSPS) is 26.2. The Morgan fingerprint density at radius 3 is 2.85 bits per heavy atom. The zero-order valence-electron chi connectivity index (χ0n) is 15.4. The van der Waals surface area contributed by atoms with Gasteiger partial charge in [0.25, 0.3) is 0 Å². The summed E-state index contributed by atoms with van der Waals surface area (Å²) >= 11 is 0. The highest BCUT2D eigenvalue weighted by Gasteiger charge is 2.44. The molecule has 4 heteroatoms. The number of aliphatic hydroxyl groups is 1. The molecule has 4 nitrogen and oxygen atoms in total. The van der Waals surface area contributed by atoms with Gasteiger partial charge in [-0.05, 0) is 66.3 Å². The number of oxime groups is 1. The fourth-order valence-electron chi connectivity index (χ4n) is 4.65. The number of likely N-dealkylation sites (N-methyl/N-ethyl adjacent to an activating group) is 1. The van der Waals surface area contributed by atoms with Crippen molar-refractivity contribution in [3.8, 4) is 0 Å². The van der Waals surface area contributed by atoms with Crippen LogP contribution in [0, 0.1) is 0 Å². The third kappa shape index (κ3) is 3.04. The summed E-state index contributed by atoms with van der Waals surface area (Å²) in [5.74, 6) is 0. The molecular weight excluding hydrogens is 324 g/mol. The van der Waals surface area contributed by atoms with E-state index in [4.69, 9.17) is 4.84 Å². The minimum atomic E-state index is -0.280. The molecule has 4 rings (SSSR count). The number of hydrogen-bond donors (Lipinski definition) is 1. The van der Waals surface area contributed by atoms with Gasteiger partial charge < -0.3 is 9.94 Å². The Morgan fingerprint density at radius 2 is 2.04 bits per heavy atom. The Balaban J connectivity index is 1.75. The van der Waals surface area contributed by atoms with Crippen molar-refractivity contribution in [2.75, 3.05) is 14.2 Å². The fourth-order valence-corrected chi connectivity index (χ4v) is 4.65. The lowest BCUT2D eigenvalue weighted by atomic mass is 9.85. The summed E-state index contributed by atoms with van der Waals surface area (Å²) in [6, 6.07) is 15.8. The van der Waals surface area contributed by atoms with Gasteiger partial charge in [0.15, 0.2) is 0 Å². The van der Waals surface area contributed by atoms with Gasteiger partial charge in [-0.25, -0.2) is 0 Å². The van der Waals surface area contributed by atoms with Crippen molar-refractivity contribution in [2.45, 2.75) is 43.9 Å². The second-order valence-electron chi connectivity index (χ2n) is 7.35. The second-order valence-corrected chi connectivity index (χ2v) is 7.35. The lowest BCUT2D eigenvalue weighted by Gasteiger charge is -2.36. The zero-order chi connectivity index (χ0) is 18.1. The van der Waals surface area contributed by atoms with E-state index in [0.717, 1.165) is 25.7 Å². The standard InChI is InChI=1S/C22H26N2O2/c1-24-18-13-20(17-10-9-15-6-3-4-7-16(15)12-17)19(8-5-11-23-26-2)22(24)21(25)14-18/h3-4,6-7,9-12,18,21-22,25H,5,8,13-14H2,1-2H3. The van der Waals surface area contributed by atoms with E-state index in [1.165, 1.54) is 27.5 Å². The molecule has 3 atom stereocenters. The van der Waals surface area contributed by atoms with Gasteiger partial charge in [-0.15, -0.1) is 0 Å². The van der Waals surface area contributed by atoms with Gasteiger partial charge in [0, 0.05) is 12.3 Å². The first-order chi connectivity index (χ1) is 12.7. The van der Waals surface area contributed by atoms with Crippen LogP contribution in [0.3, 0.4) is 0 Å². The predicted molar refractivity (Wildman–Crippen MR) is 106 cm³/mol. The van der Waals surface area contributed by atoms with E-state index in [-0.39, 0.29) is 12.1 Å². The average Bonchev–Trinajstić information content (AvgIpc) is 2.84. The van der Waals surface area contributed by atoms with Crippen molar-refractivity contribution in [2.24, 2.45) is 5.16 Å². The molecule has 136 valence electrons. The third-order valence-corrected chi connectivity index (χ3v) is 5.90. The zero-order valence-corrected chi connectivity index (χ0v) is 15.4. The average molecular weight is 350 g/mol. The highest BCUT2D eigenvalue weighted by Crippen LogP contribution is 2.44. The quantitative estimate of drug-likeness (QED) is 0.658. The van der Waals surface area contributed by atoms with Gasteiger partial charge >= 0.3 is 0 Å². The largest absolute Gasteiger partial charge is 0.399 e. The number of rotatable bonds is 5. The SMILES string of the molecule is CON=CCCC1=C(c2ccc3ccccc3c2)CC2CC(O)C1N2C.